The highest BCUT2D eigenvalue weighted by molar-refractivity contribution is 7.89. The molecule has 1 aliphatic heterocycles. The van der Waals surface area contributed by atoms with Crippen LogP contribution in [0.25, 0.3) is 5.82 Å². The minimum atomic E-state index is -3.38. The van der Waals surface area contributed by atoms with Gasteiger partial charge in [0.2, 0.25) is 10.0 Å². The van der Waals surface area contributed by atoms with E-state index in [9.17, 15) is 8.42 Å². The zero-order chi connectivity index (χ0) is 21.0. The minimum Gasteiger partial charge on any atom is -0.492 e. The Morgan fingerprint density at radius 1 is 1.00 bits per heavy atom. The Hall–Kier alpha value is -2.98. The monoisotopic (exact) mass is 428 g/mol. The number of sulfonamides is 1. The molecule has 30 heavy (non-hydrogen) atoms. The molecule has 0 aliphatic carbocycles. The van der Waals surface area contributed by atoms with Gasteiger partial charge in [0.1, 0.15) is 24.0 Å². The molecule has 1 saturated heterocycles. The van der Waals surface area contributed by atoms with Crippen molar-refractivity contribution in [3.63, 3.8) is 0 Å². The van der Waals surface area contributed by atoms with Crippen LogP contribution in [-0.4, -0.2) is 71.0 Å². The summed E-state index contributed by atoms with van der Waals surface area (Å²) >= 11 is 0. The second-order valence-electron chi connectivity index (χ2n) is 6.95. The Morgan fingerprint density at radius 3 is 2.43 bits per heavy atom. The van der Waals surface area contributed by atoms with E-state index >= 15 is 0 Å². The minimum absolute atomic E-state index is 0.0437. The number of ether oxygens (including phenoxy) is 1. The highest BCUT2D eigenvalue weighted by Gasteiger charge is 2.27. The molecule has 0 saturated carbocycles. The van der Waals surface area contributed by atoms with Crippen LogP contribution in [0, 0.1) is 6.92 Å². The van der Waals surface area contributed by atoms with Crippen molar-refractivity contribution in [2.75, 3.05) is 43.4 Å². The summed E-state index contributed by atoms with van der Waals surface area (Å²) in [5.41, 5.74) is 0. The first-order valence-corrected chi connectivity index (χ1v) is 11.4. The summed E-state index contributed by atoms with van der Waals surface area (Å²) in [7, 11) is -3.38. The summed E-state index contributed by atoms with van der Waals surface area (Å²) in [6, 6.07) is 12.9. The van der Waals surface area contributed by atoms with Gasteiger partial charge >= 0.3 is 0 Å². The van der Waals surface area contributed by atoms with Crippen molar-refractivity contribution < 1.29 is 13.2 Å². The predicted molar refractivity (Wildman–Crippen MR) is 113 cm³/mol. The van der Waals surface area contributed by atoms with E-state index in [1.54, 1.807) is 10.9 Å². The SMILES string of the molecule is Cc1nc(N2CCN(S(=O)(=O)CCOc3ccccc3)CC2)cc(-n2cccn2)n1. The van der Waals surface area contributed by atoms with E-state index < -0.39 is 10.0 Å². The third-order valence-electron chi connectivity index (χ3n) is 4.86. The smallest absolute Gasteiger partial charge is 0.217 e. The summed E-state index contributed by atoms with van der Waals surface area (Å²) in [6.45, 7) is 3.91. The molecule has 0 unspecified atom stereocenters. The van der Waals surface area contributed by atoms with Gasteiger partial charge in [-0.2, -0.15) is 9.40 Å². The van der Waals surface area contributed by atoms with Crippen LogP contribution < -0.4 is 9.64 Å². The molecule has 1 aromatic carbocycles. The van der Waals surface area contributed by atoms with Crippen LogP contribution in [0.2, 0.25) is 0 Å². The number of rotatable bonds is 7. The first kappa shape index (κ1) is 20.3. The molecule has 2 aromatic heterocycles. The molecular weight excluding hydrogens is 404 g/mol. The number of benzene rings is 1. The van der Waals surface area contributed by atoms with Gasteiger partial charge in [0.25, 0.3) is 0 Å². The summed E-state index contributed by atoms with van der Waals surface area (Å²) in [4.78, 5) is 11.0. The molecule has 0 bridgehead atoms. The van der Waals surface area contributed by atoms with Crippen molar-refractivity contribution >= 4 is 15.8 Å². The fourth-order valence-electron chi connectivity index (χ4n) is 3.33. The van der Waals surface area contributed by atoms with Gasteiger partial charge in [0, 0.05) is 44.6 Å². The number of hydrogen-bond acceptors (Lipinski definition) is 7. The van der Waals surface area contributed by atoms with E-state index in [1.807, 2.05) is 55.6 Å². The zero-order valence-electron chi connectivity index (χ0n) is 16.8. The van der Waals surface area contributed by atoms with Crippen molar-refractivity contribution in [2.45, 2.75) is 6.92 Å². The molecule has 1 aliphatic rings. The number of anilines is 1. The molecule has 9 nitrogen and oxygen atoms in total. The highest BCUT2D eigenvalue weighted by atomic mass is 32.2. The van der Waals surface area contributed by atoms with Crippen LogP contribution in [0.1, 0.15) is 5.82 Å². The Balaban J connectivity index is 1.35. The van der Waals surface area contributed by atoms with E-state index in [0.29, 0.717) is 43.6 Å². The van der Waals surface area contributed by atoms with Crippen molar-refractivity contribution in [2.24, 2.45) is 0 Å². The average molecular weight is 429 g/mol. The number of nitrogens with zero attached hydrogens (tertiary/aromatic N) is 6. The van der Waals surface area contributed by atoms with Crippen LogP contribution in [0.5, 0.6) is 5.75 Å². The first-order chi connectivity index (χ1) is 14.5. The summed E-state index contributed by atoms with van der Waals surface area (Å²) in [6.07, 6.45) is 3.52. The molecule has 10 heteroatoms. The van der Waals surface area contributed by atoms with Gasteiger partial charge in [0.05, 0.1) is 5.75 Å². The average Bonchev–Trinajstić information content (AvgIpc) is 3.29. The second kappa shape index (κ2) is 8.80. The van der Waals surface area contributed by atoms with E-state index in [-0.39, 0.29) is 12.4 Å². The summed E-state index contributed by atoms with van der Waals surface area (Å²) in [5, 5.41) is 4.22. The third kappa shape index (κ3) is 4.77. The van der Waals surface area contributed by atoms with Crippen molar-refractivity contribution in [3.05, 3.63) is 60.7 Å². The molecule has 3 aromatic rings. The number of para-hydroxylation sites is 1. The van der Waals surface area contributed by atoms with E-state index in [4.69, 9.17) is 4.74 Å². The molecule has 3 heterocycles. The fraction of sp³-hybridized carbons (Fsp3) is 0.350. The molecule has 0 radical (unpaired) electrons. The number of aromatic nitrogens is 4. The maximum absolute atomic E-state index is 12.7. The number of hydrogen-bond donors (Lipinski definition) is 0. The number of aryl methyl sites for hydroxylation is 1. The van der Waals surface area contributed by atoms with Gasteiger partial charge in [-0.1, -0.05) is 18.2 Å². The Labute approximate surface area is 176 Å². The fourth-order valence-corrected chi connectivity index (χ4v) is 4.60. The lowest BCUT2D eigenvalue weighted by Gasteiger charge is -2.34. The summed E-state index contributed by atoms with van der Waals surface area (Å²) < 4.78 is 34.1. The third-order valence-corrected chi connectivity index (χ3v) is 6.69. The molecule has 1 fully saturated rings. The van der Waals surface area contributed by atoms with Crippen molar-refractivity contribution in [1.82, 2.24) is 24.1 Å². The molecule has 0 spiro atoms. The molecule has 158 valence electrons. The highest BCUT2D eigenvalue weighted by Crippen LogP contribution is 2.18. The zero-order valence-corrected chi connectivity index (χ0v) is 17.6. The van der Waals surface area contributed by atoms with Gasteiger partial charge in [-0.3, -0.25) is 0 Å². The lowest BCUT2D eigenvalue weighted by Crippen LogP contribution is -2.50. The maximum Gasteiger partial charge on any atom is 0.217 e. The molecular formula is C20H24N6O3S. The Morgan fingerprint density at radius 2 is 1.73 bits per heavy atom. The largest absolute Gasteiger partial charge is 0.492 e. The van der Waals surface area contributed by atoms with E-state index in [2.05, 4.69) is 20.0 Å². The van der Waals surface area contributed by atoms with Crippen LogP contribution in [0.15, 0.2) is 54.9 Å². The maximum atomic E-state index is 12.7. The van der Waals surface area contributed by atoms with E-state index in [1.165, 1.54) is 4.31 Å². The number of piperazine rings is 1. The molecule has 0 amide bonds. The van der Waals surface area contributed by atoms with Crippen LogP contribution in [0.3, 0.4) is 0 Å². The second-order valence-corrected chi connectivity index (χ2v) is 9.03. The lowest BCUT2D eigenvalue weighted by molar-refractivity contribution is 0.331. The van der Waals surface area contributed by atoms with E-state index in [0.717, 1.165) is 5.82 Å². The predicted octanol–water partition coefficient (Wildman–Crippen LogP) is 1.50. The van der Waals surface area contributed by atoms with Crippen molar-refractivity contribution in [3.8, 4) is 11.6 Å². The Bertz CT molecular complexity index is 1070. The van der Waals surface area contributed by atoms with Crippen molar-refractivity contribution in [1.29, 1.82) is 0 Å². The van der Waals surface area contributed by atoms with Crippen LogP contribution in [-0.2, 0) is 10.0 Å². The topological polar surface area (TPSA) is 93.5 Å². The van der Waals surface area contributed by atoms with Gasteiger partial charge in [-0.15, -0.1) is 0 Å². The molecule has 0 atom stereocenters. The normalized spacial score (nSPS) is 15.3. The van der Waals surface area contributed by atoms with Crippen LogP contribution in [0.4, 0.5) is 5.82 Å². The van der Waals surface area contributed by atoms with Gasteiger partial charge in [0.15, 0.2) is 5.82 Å². The van der Waals surface area contributed by atoms with Gasteiger partial charge in [-0.25, -0.2) is 23.1 Å². The quantitative estimate of drug-likeness (QED) is 0.563. The first-order valence-electron chi connectivity index (χ1n) is 9.78. The van der Waals surface area contributed by atoms with Gasteiger partial charge in [-0.05, 0) is 25.1 Å². The van der Waals surface area contributed by atoms with Gasteiger partial charge < -0.3 is 9.64 Å². The standard InChI is InChI=1S/C20H24N6O3S/c1-17-22-19(16-20(23-17)26-9-5-8-21-26)24-10-12-25(13-11-24)30(27,28)15-14-29-18-6-3-2-4-7-18/h2-9,16H,10-15H2,1H3. The lowest BCUT2D eigenvalue weighted by atomic mass is 10.3. The molecule has 4 rings (SSSR count). The summed E-state index contributed by atoms with van der Waals surface area (Å²) in [5.74, 6) is 2.74. The van der Waals surface area contributed by atoms with Crippen LogP contribution >= 0.6 is 0 Å². The molecule has 0 N–H and O–H groups in total. The Kier molecular flexibility index (Phi) is 5.96.